The Labute approximate surface area is 107 Å². The SMILES string of the molecule is FC(F)(F)CCCCCC[Si](Br)(Br)Br. The molecule has 0 N–H and O–H groups in total. The van der Waals surface area contributed by atoms with Crippen molar-refractivity contribution in [3.8, 4) is 0 Å². The lowest BCUT2D eigenvalue weighted by Crippen LogP contribution is -2.07. The van der Waals surface area contributed by atoms with Crippen molar-refractivity contribution in [2.45, 2.75) is 44.3 Å². The number of hydrogen-bond acceptors (Lipinski definition) is 0. The molecule has 0 aliphatic carbocycles. The standard InChI is InChI=1S/C7H12Br3F3Si/c8-14(9,10)6-4-2-1-3-5-7(11,12)13/h1-6H2. The molecule has 0 aromatic rings. The van der Waals surface area contributed by atoms with E-state index < -0.39 is 16.5 Å². The van der Waals surface area contributed by atoms with Gasteiger partial charge in [0.05, 0.1) is 0 Å². The second-order valence-corrected chi connectivity index (χ2v) is 26.6. The largest absolute Gasteiger partial charge is 0.389 e. The van der Waals surface area contributed by atoms with Crippen LogP contribution in [-0.4, -0.2) is 10.1 Å². The molecule has 0 aliphatic rings. The highest BCUT2D eigenvalue weighted by atomic mass is 80.0. The van der Waals surface area contributed by atoms with Gasteiger partial charge in [-0.25, -0.2) is 0 Å². The van der Waals surface area contributed by atoms with Crippen LogP contribution in [0.25, 0.3) is 0 Å². The van der Waals surface area contributed by atoms with Crippen LogP contribution in [0.5, 0.6) is 0 Å². The number of alkyl halides is 3. The van der Waals surface area contributed by atoms with Gasteiger partial charge in [0.2, 0.25) is 0 Å². The molecule has 0 radical (unpaired) electrons. The minimum Gasteiger partial charge on any atom is -0.171 e. The quantitative estimate of drug-likeness (QED) is 0.297. The zero-order valence-electron chi connectivity index (χ0n) is 7.51. The number of hydrogen-bond donors (Lipinski definition) is 0. The van der Waals surface area contributed by atoms with Crippen LogP contribution < -0.4 is 0 Å². The number of halogens is 6. The summed E-state index contributed by atoms with van der Waals surface area (Å²) in [6.45, 7) is 0. The van der Waals surface area contributed by atoms with Crippen LogP contribution >= 0.6 is 45.9 Å². The first-order valence-electron chi connectivity index (χ1n) is 4.34. The summed E-state index contributed by atoms with van der Waals surface area (Å²) >= 11 is 10.4. The van der Waals surface area contributed by atoms with E-state index in [9.17, 15) is 13.2 Å². The van der Waals surface area contributed by atoms with E-state index in [1.54, 1.807) is 0 Å². The van der Waals surface area contributed by atoms with Gasteiger partial charge in [-0.3, -0.25) is 0 Å². The van der Waals surface area contributed by atoms with Crippen LogP contribution in [-0.2, 0) is 0 Å². The summed E-state index contributed by atoms with van der Waals surface area (Å²) in [5.41, 5.74) is 0. The molecule has 0 unspecified atom stereocenters. The van der Waals surface area contributed by atoms with E-state index in [4.69, 9.17) is 0 Å². The molecule has 0 rings (SSSR count). The Morgan fingerprint density at radius 2 is 1.36 bits per heavy atom. The van der Waals surface area contributed by atoms with Gasteiger partial charge in [0.25, 0.3) is 3.93 Å². The topological polar surface area (TPSA) is 0 Å². The molecule has 0 aliphatic heterocycles. The summed E-state index contributed by atoms with van der Waals surface area (Å²) in [7, 11) is 0. The average molecular weight is 421 g/mol. The Hall–Kier alpha value is 1.45. The lowest BCUT2D eigenvalue weighted by molar-refractivity contribution is -0.135. The first kappa shape index (κ1) is 15.4. The van der Waals surface area contributed by atoms with E-state index in [-0.39, 0.29) is 6.42 Å². The smallest absolute Gasteiger partial charge is 0.171 e. The summed E-state index contributed by atoms with van der Waals surface area (Å²) in [5, 5.41) is 0. The van der Waals surface area contributed by atoms with Gasteiger partial charge in [-0.15, -0.1) is 0 Å². The zero-order valence-corrected chi connectivity index (χ0v) is 13.3. The number of unbranched alkanes of at least 4 members (excludes halogenated alkanes) is 3. The fourth-order valence-corrected chi connectivity index (χ4v) is 4.18. The van der Waals surface area contributed by atoms with Crippen molar-refractivity contribution in [3.05, 3.63) is 0 Å². The minimum absolute atomic E-state index is 0.255. The molecule has 0 amide bonds. The molecule has 14 heavy (non-hydrogen) atoms. The maximum absolute atomic E-state index is 11.7. The third-order valence-electron chi connectivity index (χ3n) is 1.67. The highest BCUT2D eigenvalue weighted by Crippen LogP contribution is 2.34. The minimum atomic E-state index is -3.99. The average Bonchev–Trinajstić information content (AvgIpc) is 1.92. The van der Waals surface area contributed by atoms with Crippen molar-refractivity contribution in [2.75, 3.05) is 0 Å². The molecule has 0 heterocycles. The van der Waals surface area contributed by atoms with Gasteiger partial charge in [0.15, 0.2) is 0 Å². The Kier molecular flexibility index (Phi) is 7.62. The molecule has 0 bridgehead atoms. The van der Waals surface area contributed by atoms with Gasteiger partial charge >= 0.3 is 6.18 Å². The molecule has 0 nitrogen and oxygen atoms in total. The third kappa shape index (κ3) is 13.4. The molecule has 7 heteroatoms. The molecule has 0 saturated carbocycles. The zero-order chi connectivity index (χ0) is 11.2. The maximum atomic E-state index is 11.7. The summed E-state index contributed by atoms with van der Waals surface area (Å²) in [4.78, 5) is 0. The van der Waals surface area contributed by atoms with Gasteiger partial charge in [-0.1, -0.05) is 65.1 Å². The molecule has 0 fully saturated rings. The van der Waals surface area contributed by atoms with Gasteiger partial charge in [0.1, 0.15) is 0 Å². The summed E-state index contributed by atoms with van der Waals surface area (Å²) in [6, 6.07) is 0.985. The van der Waals surface area contributed by atoms with Gasteiger partial charge in [0, 0.05) is 6.42 Å². The Morgan fingerprint density at radius 1 is 0.857 bits per heavy atom. The lowest BCUT2D eigenvalue weighted by atomic mass is 10.1. The van der Waals surface area contributed by atoms with Crippen molar-refractivity contribution >= 4 is 49.8 Å². The Balaban J connectivity index is 3.23. The van der Waals surface area contributed by atoms with E-state index in [1.807, 2.05) is 0 Å². The second kappa shape index (κ2) is 6.91. The van der Waals surface area contributed by atoms with Crippen molar-refractivity contribution in [2.24, 2.45) is 0 Å². The summed E-state index contributed by atoms with van der Waals surface area (Å²) in [5.74, 6) is 0. The van der Waals surface area contributed by atoms with Crippen LogP contribution in [0.3, 0.4) is 0 Å². The molecular weight excluding hydrogens is 409 g/mol. The Bertz CT molecular complexity index is 137. The van der Waals surface area contributed by atoms with E-state index >= 15 is 0 Å². The van der Waals surface area contributed by atoms with E-state index in [0.29, 0.717) is 6.42 Å². The molecule has 0 atom stereocenters. The third-order valence-corrected chi connectivity index (χ3v) is 6.16. The van der Waals surface area contributed by atoms with Crippen LogP contribution in [0.2, 0.25) is 6.04 Å². The molecule has 86 valence electrons. The number of rotatable bonds is 6. The molecule has 0 aromatic carbocycles. The molecular formula is C7H12Br3F3Si. The van der Waals surface area contributed by atoms with Crippen LogP contribution in [0.4, 0.5) is 13.2 Å². The first-order valence-corrected chi connectivity index (χ1v) is 13.3. The van der Waals surface area contributed by atoms with E-state index in [0.717, 1.165) is 18.9 Å². The monoisotopic (exact) mass is 418 g/mol. The van der Waals surface area contributed by atoms with Crippen LogP contribution in [0.1, 0.15) is 32.1 Å². The van der Waals surface area contributed by atoms with Crippen molar-refractivity contribution in [1.82, 2.24) is 0 Å². The van der Waals surface area contributed by atoms with E-state index in [2.05, 4.69) is 45.9 Å². The molecule has 0 saturated heterocycles. The lowest BCUT2D eigenvalue weighted by Gasteiger charge is -2.09. The molecule has 0 aromatic heterocycles. The highest BCUT2D eigenvalue weighted by molar-refractivity contribution is 9.72. The summed E-state index contributed by atoms with van der Waals surface area (Å²) < 4.78 is 33.7. The Morgan fingerprint density at radius 3 is 1.79 bits per heavy atom. The van der Waals surface area contributed by atoms with Crippen LogP contribution in [0, 0.1) is 0 Å². The van der Waals surface area contributed by atoms with Crippen LogP contribution in [0.15, 0.2) is 0 Å². The fourth-order valence-electron chi connectivity index (χ4n) is 1.00. The van der Waals surface area contributed by atoms with E-state index in [1.165, 1.54) is 0 Å². The van der Waals surface area contributed by atoms with Crippen molar-refractivity contribution in [3.63, 3.8) is 0 Å². The summed E-state index contributed by atoms with van der Waals surface area (Å²) in [6.07, 6.45) is -1.88. The van der Waals surface area contributed by atoms with Crippen molar-refractivity contribution in [1.29, 1.82) is 0 Å². The normalized spacial score (nSPS) is 13.3. The van der Waals surface area contributed by atoms with Gasteiger partial charge in [-0.2, -0.15) is 13.2 Å². The molecule has 0 spiro atoms. The van der Waals surface area contributed by atoms with Crippen molar-refractivity contribution < 1.29 is 13.2 Å². The predicted octanol–water partition coefficient (Wildman–Crippen LogP) is 5.62. The maximum Gasteiger partial charge on any atom is 0.389 e. The highest BCUT2D eigenvalue weighted by Gasteiger charge is 2.26. The second-order valence-electron chi connectivity index (χ2n) is 3.14. The first-order chi connectivity index (χ1) is 6.21. The predicted molar refractivity (Wildman–Crippen MR) is 66.5 cm³/mol. The fraction of sp³-hybridized carbons (Fsp3) is 1.00. The van der Waals surface area contributed by atoms with Gasteiger partial charge < -0.3 is 0 Å². The van der Waals surface area contributed by atoms with Gasteiger partial charge in [-0.05, 0) is 12.5 Å².